The molecule has 0 spiro atoms. The van der Waals surface area contributed by atoms with Crippen LogP contribution >= 0.6 is 12.6 Å². The van der Waals surface area contributed by atoms with Gasteiger partial charge in [0.2, 0.25) is 28.7 Å². The molecule has 2 rings (SSSR count). The molecule has 0 aliphatic heterocycles. The summed E-state index contributed by atoms with van der Waals surface area (Å²) in [5.41, 5.74) is 7.35. The van der Waals surface area contributed by atoms with Crippen LogP contribution in [0.15, 0.2) is 54.6 Å². The summed E-state index contributed by atoms with van der Waals surface area (Å²) in [7, 11) is 0. The zero-order valence-corrected chi connectivity index (χ0v) is 21.9. The second-order valence-corrected chi connectivity index (χ2v) is 9.03. The normalized spacial score (nSPS) is 12.6. The average Bonchev–Trinajstić information content (AvgIpc) is 2.91. The van der Waals surface area contributed by atoms with Crippen LogP contribution in [0.25, 0.3) is 0 Å². The predicted octanol–water partition coefficient (Wildman–Crippen LogP) is -0.814. The third-order valence-corrected chi connectivity index (χ3v) is 5.78. The van der Waals surface area contributed by atoms with Crippen LogP contribution < -0.4 is 27.0 Å². The molecule has 0 unspecified atom stereocenters. The average molecular weight is 554 g/mol. The Morgan fingerprint density at radius 1 is 0.821 bits per heavy atom. The second kappa shape index (κ2) is 15.8. The predicted molar refractivity (Wildman–Crippen MR) is 147 cm³/mol. The smallest absolute Gasteiger partial charge is 0.243 e. The zero-order valence-electron chi connectivity index (χ0n) is 21.1. The molecular weight excluding hydrogens is 522 g/mol. The number of aromatic hydroxyl groups is 1. The van der Waals surface area contributed by atoms with Crippen molar-refractivity contribution in [1.82, 2.24) is 21.3 Å². The van der Waals surface area contributed by atoms with Gasteiger partial charge in [0.1, 0.15) is 17.8 Å². The third-order valence-electron chi connectivity index (χ3n) is 5.47. The van der Waals surface area contributed by atoms with Crippen molar-refractivity contribution in [3.63, 3.8) is 0 Å². The minimum absolute atomic E-state index is 0.0690. The van der Waals surface area contributed by atoms with Crippen molar-refractivity contribution in [2.45, 2.75) is 37.4 Å². The number of benzene rings is 2. The van der Waals surface area contributed by atoms with Crippen molar-refractivity contribution in [3.05, 3.63) is 65.7 Å². The molecule has 4 amide bonds. The fraction of sp³-hybridized carbons (Fsp3) is 0.296. The van der Waals surface area contributed by atoms with Crippen molar-refractivity contribution in [2.75, 3.05) is 13.1 Å². The Morgan fingerprint density at radius 2 is 1.44 bits per heavy atom. The van der Waals surface area contributed by atoms with Crippen LogP contribution in [0.4, 0.5) is 0 Å². The molecule has 0 saturated heterocycles. The van der Waals surface area contributed by atoms with Crippen LogP contribution in [0.5, 0.6) is 5.75 Å². The van der Waals surface area contributed by atoms with Crippen molar-refractivity contribution in [1.29, 1.82) is 0 Å². The Hall–Kier alpha value is -4.34. The van der Waals surface area contributed by atoms with Crippen LogP contribution in [0.2, 0.25) is 0 Å². The van der Waals surface area contributed by atoms with Gasteiger partial charge in [0.15, 0.2) is 0 Å². The molecule has 0 aliphatic rings. The number of terminal acetylenes is 1. The van der Waals surface area contributed by atoms with Gasteiger partial charge in [-0.1, -0.05) is 42.5 Å². The fourth-order valence-electron chi connectivity index (χ4n) is 3.41. The molecule has 0 radical (unpaired) electrons. The first-order valence-electron chi connectivity index (χ1n) is 12.0. The van der Waals surface area contributed by atoms with E-state index in [-0.39, 0.29) is 25.0 Å². The van der Waals surface area contributed by atoms with E-state index in [4.69, 9.17) is 12.2 Å². The molecule has 206 valence electrons. The van der Waals surface area contributed by atoms with Crippen LogP contribution in [0.3, 0.4) is 0 Å². The molecule has 0 aromatic heterocycles. The minimum atomic E-state index is -1.07. The van der Waals surface area contributed by atoms with Gasteiger partial charge < -0.3 is 32.1 Å². The summed E-state index contributed by atoms with van der Waals surface area (Å²) in [6.07, 6.45) is 5.49. The van der Waals surface area contributed by atoms with Crippen LogP contribution in [0, 0.1) is 12.3 Å². The van der Waals surface area contributed by atoms with Crippen LogP contribution in [-0.4, -0.2) is 65.1 Å². The molecule has 12 heteroatoms. The number of nitrogens with one attached hydrogen (secondary N) is 4. The monoisotopic (exact) mass is 553 g/mol. The first-order chi connectivity index (χ1) is 18.6. The Balaban J connectivity index is 1.87. The Labute approximate surface area is 231 Å². The van der Waals surface area contributed by atoms with Crippen LogP contribution in [0.1, 0.15) is 17.5 Å². The van der Waals surface area contributed by atoms with E-state index < -0.39 is 60.0 Å². The van der Waals surface area contributed by atoms with Gasteiger partial charge in [-0.2, -0.15) is 0 Å². The SMILES string of the molecule is C#CC[C@H](NC(=O)[C@H](Cc1ccccc1)NC(=O)CNC(=O)CNC(=O)[C@@H](N)Cc1ccc(O)cc1)C(=O)S. The maximum Gasteiger partial charge on any atom is 0.243 e. The van der Waals surface area contributed by atoms with Crippen molar-refractivity contribution in [3.8, 4) is 18.1 Å². The lowest BCUT2D eigenvalue weighted by Crippen LogP contribution is -2.54. The van der Waals surface area contributed by atoms with E-state index in [0.717, 1.165) is 11.1 Å². The lowest BCUT2D eigenvalue weighted by molar-refractivity contribution is -0.131. The summed E-state index contributed by atoms with van der Waals surface area (Å²) in [5.74, 6) is -0.141. The molecule has 39 heavy (non-hydrogen) atoms. The lowest BCUT2D eigenvalue weighted by Gasteiger charge is -2.21. The number of hydrogen-bond acceptors (Lipinski definition) is 7. The van der Waals surface area contributed by atoms with E-state index in [0.29, 0.717) is 0 Å². The van der Waals surface area contributed by atoms with E-state index in [2.05, 4.69) is 39.8 Å². The lowest BCUT2D eigenvalue weighted by atomic mass is 10.0. The number of carbonyl (C=O) groups excluding carboxylic acids is 5. The van der Waals surface area contributed by atoms with Gasteiger partial charge in [-0.25, -0.2) is 0 Å². The first kappa shape index (κ1) is 30.9. The molecule has 0 fully saturated rings. The number of amides is 4. The van der Waals surface area contributed by atoms with Gasteiger partial charge >= 0.3 is 0 Å². The van der Waals surface area contributed by atoms with E-state index in [1.807, 2.05) is 0 Å². The van der Waals surface area contributed by atoms with Crippen molar-refractivity contribution in [2.24, 2.45) is 5.73 Å². The molecule has 2 aromatic carbocycles. The van der Waals surface area contributed by atoms with E-state index in [1.165, 1.54) is 12.1 Å². The molecule has 2 aromatic rings. The highest BCUT2D eigenvalue weighted by molar-refractivity contribution is 7.96. The van der Waals surface area contributed by atoms with E-state index >= 15 is 0 Å². The molecule has 7 N–H and O–H groups in total. The standard InChI is InChI=1S/C27H31N5O6S/c1-2-6-21(27(38)39)32-26(37)22(14-17-7-4-3-5-8-17)31-24(35)16-29-23(34)15-30-25(36)20(28)13-18-9-11-19(33)12-10-18/h1,3-5,7-12,20-22,33H,6,13-16,28H2,(H,29,34)(H,30,36)(H,31,35)(H,32,37)(H,38,39)/t20-,21-,22-/m0/s1. The zero-order chi connectivity index (χ0) is 28.8. The van der Waals surface area contributed by atoms with E-state index in [9.17, 15) is 29.1 Å². The highest BCUT2D eigenvalue weighted by atomic mass is 32.1. The fourth-order valence-corrected chi connectivity index (χ4v) is 3.57. The Kier molecular flexibility index (Phi) is 12.5. The number of thiol groups is 1. The van der Waals surface area contributed by atoms with Gasteiger partial charge in [0, 0.05) is 12.8 Å². The topological polar surface area (TPSA) is 180 Å². The largest absolute Gasteiger partial charge is 0.508 e. The number of phenolic OH excluding ortho intramolecular Hbond substituents is 1. The van der Waals surface area contributed by atoms with Gasteiger partial charge in [-0.3, -0.25) is 24.0 Å². The summed E-state index contributed by atoms with van der Waals surface area (Å²) in [6.45, 7) is -0.882. The summed E-state index contributed by atoms with van der Waals surface area (Å²) in [6, 6.07) is 12.1. The maximum atomic E-state index is 12.9. The summed E-state index contributed by atoms with van der Waals surface area (Å²) >= 11 is 3.74. The number of nitrogens with two attached hydrogens (primary N) is 1. The highest BCUT2D eigenvalue weighted by Crippen LogP contribution is 2.11. The minimum Gasteiger partial charge on any atom is -0.508 e. The summed E-state index contributed by atoms with van der Waals surface area (Å²) in [5, 5.41) is 18.5. The summed E-state index contributed by atoms with van der Waals surface area (Å²) in [4.78, 5) is 61.4. The number of rotatable bonds is 14. The molecule has 11 nitrogen and oxygen atoms in total. The number of hydrogen-bond donors (Lipinski definition) is 7. The Morgan fingerprint density at radius 3 is 2.05 bits per heavy atom. The van der Waals surface area contributed by atoms with Gasteiger partial charge in [0.05, 0.1) is 19.1 Å². The van der Waals surface area contributed by atoms with Crippen LogP contribution in [-0.2, 0) is 36.8 Å². The molecule has 0 aliphatic carbocycles. The third kappa shape index (κ3) is 11.3. The number of carbonyl (C=O) groups is 5. The highest BCUT2D eigenvalue weighted by Gasteiger charge is 2.25. The maximum absolute atomic E-state index is 12.9. The number of phenols is 1. The Bertz CT molecular complexity index is 1200. The first-order valence-corrected chi connectivity index (χ1v) is 12.4. The molecule has 0 saturated carbocycles. The molecule has 3 atom stereocenters. The summed E-state index contributed by atoms with van der Waals surface area (Å²) < 4.78 is 0. The second-order valence-electron chi connectivity index (χ2n) is 8.59. The van der Waals surface area contributed by atoms with Gasteiger partial charge in [-0.05, 0) is 29.7 Å². The molecule has 0 heterocycles. The van der Waals surface area contributed by atoms with Crippen molar-refractivity contribution < 1.29 is 29.1 Å². The van der Waals surface area contributed by atoms with Crippen molar-refractivity contribution >= 4 is 41.4 Å². The molecular formula is C27H31N5O6S. The molecule has 0 bridgehead atoms. The quantitative estimate of drug-likeness (QED) is 0.118. The van der Waals surface area contributed by atoms with E-state index in [1.54, 1.807) is 42.5 Å². The van der Waals surface area contributed by atoms with Gasteiger partial charge in [0.25, 0.3) is 0 Å². The van der Waals surface area contributed by atoms with Gasteiger partial charge in [-0.15, -0.1) is 25.0 Å².